The third kappa shape index (κ3) is 2.50. The van der Waals surface area contributed by atoms with Crippen LogP contribution in [0.2, 0.25) is 0 Å². The summed E-state index contributed by atoms with van der Waals surface area (Å²) in [4.78, 5) is 0. The molecule has 4 nitrogen and oxygen atoms in total. The molecule has 2 aromatic carbocycles. The Labute approximate surface area is 129 Å². The summed E-state index contributed by atoms with van der Waals surface area (Å²) in [6.45, 7) is 4.27. The lowest BCUT2D eigenvalue weighted by atomic mass is 9.85. The average molecular weight is 300 g/mol. The Balaban J connectivity index is 1.89. The zero-order chi connectivity index (χ0) is 15.9. The van der Waals surface area contributed by atoms with E-state index in [1.54, 1.807) is 24.3 Å². The van der Waals surface area contributed by atoms with Crippen LogP contribution in [0.1, 0.15) is 37.2 Å². The summed E-state index contributed by atoms with van der Waals surface area (Å²) in [6, 6.07) is 11.9. The highest BCUT2D eigenvalue weighted by molar-refractivity contribution is 5.41. The number of ether oxygens (including phenoxy) is 1. The van der Waals surface area contributed by atoms with Gasteiger partial charge in [0.1, 0.15) is 5.75 Å². The van der Waals surface area contributed by atoms with Gasteiger partial charge in [0.05, 0.1) is 12.2 Å². The molecule has 0 radical (unpaired) electrons. The van der Waals surface area contributed by atoms with Crippen molar-refractivity contribution in [2.45, 2.75) is 26.1 Å². The van der Waals surface area contributed by atoms with Gasteiger partial charge in [-0.2, -0.15) is 0 Å². The van der Waals surface area contributed by atoms with Gasteiger partial charge in [-0.05, 0) is 47.2 Å². The summed E-state index contributed by atoms with van der Waals surface area (Å²) in [7, 11) is 0. The summed E-state index contributed by atoms with van der Waals surface area (Å²) < 4.78 is 6.22. The molecule has 1 fully saturated rings. The molecule has 3 rings (SSSR count). The number of aromatic hydroxyl groups is 3. The molecule has 116 valence electrons. The fourth-order valence-corrected chi connectivity index (χ4v) is 3.10. The lowest BCUT2D eigenvalue weighted by Crippen LogP contribution is -2.09. The van der Waals surface area contributed by atoms with Gasteiger partial charge in [-0.3, -0.25) is 0 Å². The SMILES string of the molecule is CC1C(c2ccc(O)cc2)OC(c2ccc(O)c(O)c2)C1C. The quantitative estimate of drug-likeness (QED) is 0.736. The molecule has 1 saturated heterocycles. The fraction of sp³-hybridized carbons (Fsp3) is 0.333. The molecule has 1 heterocycles. The molecule has 0 spiro atoms. The number of phenolic OH excluding ortho intramolecular Hbond substituents is 3. The third-order valence-electron chi connectivity index (χ3n) is 4.63. The minimum Gasteiger partial charge on any atom is -0.508 e. The Morgan fingerprint density at radius 3 is 1.86 bits per heavy atom. The molecule has 3 N–H and O–H groups in total. The van der Waals surface area contributed by atoms with Crippen molar-refractivity contribution < 1.29 is 20.1 Å². The van der Waals surface area contributed by atoms with Gasteiger partial charge in [-0.25, -0.2) is 0 Å². The molecule has 0 amide bonds. The van der Waals surface area contributed by atoms with Crippen LogP contribution in [0, 0.1) is 11.8 Å². The van der Waals surface area contributed by atoms with Gasteiger partial charge in [0.2, 0.25) is 0 Å². The van der Waals surface area contributed by atoms with Crippen molar-refractivity contribution in [3.05, 3.63) is 53.6 Å². The summed E-state index contributed by atoms with van der Waals surface area (Å²) in [5.74, 6) is 0.544. The first-order valence-electron chi connectivity index (χ1n) is 7.43. The van der Waals surface area contributed by atoms with E-state index in [0.717, 1.165) is 11.1 Å². The third-order valence-corrected chi connectivity index (χ3v) is 4.63. The van der Waals surface area contributed by atoms with Crippen molar-refractivity contribution in [1.82, 2.24) is 0 Å². The van der Waals surface area contributed by atoms with E-state index in [4.69, 9.17) is 4.74 Å². The van der Waals surface area contributed by atoms with E-state index >= 15 is 0 Å². The van der Waals surface area contributed by atoms with Crippen LogP contribution < -0.4 is 0 Å². The van der Waals surface area contributed by atoms with Crippen LogP contribution in [0.4, 0.5) is 0 Å². The Bertz CT molecular complexity index is 665. The van der Waals surface area contributed by atoms with Gasteiger partial charge < -0.3 is 20.1 Å². The number of rotatable bonds is 2. The monoisotopic (exact) mass is 300 g/mol. The van der Waals surface area contributed by atoms with E-state index in [9.17, 15) is 15.3 Å². The molecule has 1 aliphatic rings. The van der Waals surface area contributed by atoms with E-state index in [1.807, 2.05) is 12.1 Å². The Kier molecular flexibility index (Phi) is 3.71. The van der Waals surface area contributed by atoms with Crippen LogP contribution in [0.25, 0.3) is 0 Å². The van der Waals surface area contributed by atoms with E-state index in [-0.39, 0.29) is 35.4 Å². The van der Waals surface area contributed by atoms with Gasteiger partial charge >= 0.3 is 0 Å². The van der Waals surface area contributed by atoms with Crippen LogP contribution >= 0.6 is 0 Å². The van der Waals surface area contributed by atoms with Gasteiger partial charge in [-0.1, -0.05) is 32.0 Å². The van der Waals surface area contributed by atoms with Gasteiger partial charge in [0.25, 0.3) is 0 Å². The summed E-state index contributed by atoms with van der Waals surface area (Å²) in [6.07, 6.45) is -0.197. The maximum absolute atomic E-state index is 9.69. The van der Waals surface area contributed by atoms with Crippen LogP contribution in [-0.4, -0.2) is 15.3 Å². The number of hydrogen-bond donors (Lipinski definition) is 3. The molecular formula is C18H20O4. The largest absolute Gasteiger partial charge is 0.508 e. The van der Waals surface area contributed by atoms with Crippen molar-refractivity contribution in [1.29, 1.82) is 0 Å². The Morgan fingerprint density at radius 1 is 0.727 bits per heavy atom. The minimum absolute atomic E-state index is 0.0588. The Hall–Kier alpha value is -2.20. The van der Waals surface area contributed by atoms with E-state index in [0.29, 0.717) is 5.92 Å². The van der Waals surface area contributed by atoms with Gasteiger partial charge in [0, 0.05) is 0 Å². The summed E-state index contributed by atoms with van der Waals surface area (Å²) >= 11 is 0. The highest BCUT2D eigenvalue weighted by Gasteiger charge is 2.40. The first kappa shape index (κ1) is 14.7. The zero-order valence-corrected chi connectivity index (χ0v) is 12.6. The standard InChI is InChI=1S/C18H20O4/c1-10-11(2)18(13-5-8-15(20)16(21)9-13)22-17(10)12-3-6-14(19)7-4-12/h3-11,17-21H,1-2H3. The van der Waals surface area contributed by atoms with E-state index < -0.39 is 0 Å². The Morgan fingerprint density at radius 2 is 1.27 bits per heavy atom. The van der Waals surface area contributed by atoms with Gasteiger partial charge in [-0.15, -0.1) is 0 Å². The van der Waals surface area contributed by atoms with Crippen LogP contribution in [-0.2, 0) is 4.74 Å². The topological polar surface area (TPSA) is 69.9 Å². The fourth-order valence-electron chi connectivity index (χ4n) is 3.10. The predicted octanol–water partition coefficient (Wildman–Crippen LogP) is 3.89. The number of benzene rings is 2. The van der Waals surface area contributed by atoms with Gasteiger partial charge in [0.15, 0.2) is 11.5 Å². The summed E-state index contributed by atoms with van der Waals surface area (Å²) in [5.41, 5.74) is 1.89. The molecule has 4 heteroatoms. The highest BCUT2D eigenvalue weighted by Crippen LogP contribution is 2.49. The van der Waals surface area contributed by atoms with Crippen LogP contribution in [0.15, 0.2) is 42.5 Å². The second-order valence-electron chi connectivity index (χ2n) is 6.04. The normalized spacial score (nSPS) is 27.9. The number of hydrogen-bond acceptors (Lipinski definition) is 4. The van der Waals surface area contributed by atoms with Crippen LogP contribution in [0.5, 0.6) is 17.2 Å². The zero-order valence-electron chi connectivity index (χ0n) is 12.6. The smallest absolute Gasteiger partial charge is 0.157 e. The minimum atomic E-state index is -0.139. The van der Waals surface area contributed by atoms with Crippen molar-refractivity contribution in [3.8, 4) is 17.2 Å². The second-order valence-corrected chi connectivity index (χ2v) is 6.04. The molecule has 22 heavy (non-hydrogen) atoms. The molecule has 0 aromatic heterocycles. The predicted molar refractivity (Wildman–Crippen MR) is 82.8 cm³/mol. The molecule has 4 atom stereocenters. The molecule has 0 bridgehead atoms. The van der Waals surface area contributed by atoms with E-state index in [2.05, 4.69) is 13.8 Å². The first-order valence-corrected chi connectivity index (χ1v) is 7.43. The molecule has 4 unspecified atom stereocenters. The first-order chi connectivity index (χ1) is 10.5. The molecule has 0 aliphatic carbocycles. The summed E-state index contributed by atoms with van der Waals surface area (Å²) in [5, 5.41) is 28.6. The maximum atomic E-state index is 9.69. The van der Waals surface area contributed by atoms with Crippen LogP contribution in [0.3, 0.4) is 0 Å². The maximum Gasteiger partial charge on any atom is 0.157 e. The average Bonchev–Trinajstić information content (AvgIpc) is 2.79. The molecule has 0 saturated carbocycles. The van der Waals surface area contributed by atoms with E-state index in [1.165, 1.54) is 6.07 Å². The van der Waals surface area contributed by atoms with Crippen molar-refractivity contribution in [2.24, 2.45) is 11.8 Å². The lowest BCUT2D eigenvalue weighted by Gasteiger charge is -2.16. The number of phenols is 3. The molecular weight excluding hydrogens is 280 g/mol. The highest BCUT2D eigenvalue weighted by atomic mass is 16.5. The molecule has 1 aliphatic heterocycles. The second kappa shape index (κ2) is 5.54. The van der Waals surface area contributed by atoms with Crippen molar-refractivity contribution >= 4 is 0 Å². The van der Waals surface area contributed by atoms with Crippen molar-refractivity contribution in [2.75, 3.05) is 0 Å². The lowest BCUT2D eigenvalue weighted by molar-refractivity contribution is 0.0289. The molecule has 2 aromatic rings. The van der Waals surface area contributed by atoms with Crippen molar-refractivity contribution in [3.63, 3.8) is 0 Å².